The summed E-state index contributed by atoms with van der Waals surface area (Å²) in [6.45, 7) is 5.76. The molecule has 1 fully saturated rings. The van der Waals surface area contributed by atoms with E-state index >= 15 is 0 Å². The number of nitrogens with zero attached hydrogens (tertiary/aromatic N) is 5. The second kappa shape index (κ2) is 7.20. The Kier molecular flexibility index (Phi) is 5.02. The number of likely N-dealkylation sites (tertiary alicyclic amines) is 1. The average molecular weight is 329 g/mol. The number of aromatic nitrogens is 4. The average Bonchev–Trinajstić information content (AvgIpc) is 3.15. The van der Waals surface area contributed by atoms with Crippen LogP contribution in [0.25, 0.3) is 0 Å². The smallest absolute Gasteiger partial charge is 0.223 e. The van der Waals surface area contributed by atoms with E-state index in [-0.39, 0.29) is 11.9 Å². The van der Waals surface area contributed by atoms with Gasteiger partial charge in [-0.15, -0.1) is 0 Å². The molecule has 0 unspecified atom stereocenters. The van der Waals surface area contributed by atoms with Crippen LogP contribution >= 0.6 is 0 Å². The molecule has 0 radical (unpaired) electrons. The number of hydrogen-bond donors (Lipinski definition) is 0. The molecule has 1 atom stereocenters. The number of rotatable bonds is 5. The van der Waals surface area contributed by atoms with Crippen molar-refractivity contribution in [3.8, 4) is 0 Å². The first kappa shape index (κ1) is 16.7. The van der Waals surface area contributed by atoms with Crippen molar-refractivity contribution in [1.29, 1.82) is 0 Å². The fourth-order valence-electron chi connectivity index (χ4n) is 3.70. The molecule has 0 spiro atoms. The van der Waals surface area contributed by atoms with Gasteiger partial charge in [0, 0.05) is 38.1 Å². The fraction of sp³-hybridized carbons (Fsp3) is 0.611. The molecule has 0 N–H and O–H groups in total. The Bertz CT molecular complexity index is 689. The van der Waals surface area contributed by atoms with Gasteiger partial charge in [-0.3, -0.25) is 14.2 Å². The van der Waals surface area contributed by atoms with Crippen LogP contribution in [0.1, 0.15) is 42.6 Å². The summed E-state index contributed by atoms with van der Waals surface area (Å²) in [6.07, 6.45) is 8.46. The molecule has 0 bridgehead atoms. The highest BCUT2D eigenvalue weighted by Gasteiger charge is 2.27. The topological polar surface area (TPSA) is 56.0 Å². The van der Waals surface area contributed by atoms with E-state index in [1.165, 1.54) is 12.0 Å². The largest absolute Gasteiger partial charge is 0.338 e. The van der Waals surface area contributed by atoms with Crippen LogP contribution in [0.3, 0.4) is 0 Å². The third-order valence-electron chi connectivity index (χ3n) is 5.15. The zero-order valence-corrected chi connectivity index (χ0v) is 14.9. The molecule has 0 aliphatic carbocycles. The minimum Gasteiger partial charge on any atom is -0.338 e. The van der Waals surface area contributed by atoms with Crippen LogP contribution in [-0.4, -0.2) is 43.0 Å². The van der Waals surface area contributed by atoms with E-state index in [2.05, 4.69) is 22.0 Å². The van der Waals surface area contributed by atoms with Gasteiger partial charge in [0.1, 0.15) is 0 Å². The molecular weight excluding hydrogens is 302 g/mol. The van der Waals surface area contributed by atoms with Gasteiger partial charge in [-0.25, -0.2) is 0 Å². The quantitative estimate of drug-likeness (QED) is 0.845. The molecular formula is C18H27N5O. The minimum absolute atomic E-state index is 0.259. The first-order valence-corrected chi connectivity index (χ1v) is 8.82. The number of hydrogen-bond acceptors (Lipinski definition) is 3. The van der Waals surface area contributed by atoms with Gasteiger partial charge in [0.05, 0.1) is 18.3 Å². The Morgan fingerprint density at radius 2 is 2.17 bits per heavy atom. The van der Waals surface area contributed by atoms with Crippen molar-refractivity contribution in [2.75, 3.05) is 6.54 Å². The number of carbonyl (C=O) groups excluding carboxylic acids is 1. The molecule has 2 aromatic rings. The van der Waals surface area contributed by atoms with E-state index in [4.69, 9.17) is 0 Å². The van der Waals surface area contributed by atoms with E-state index < -0.39 is 0 Å². The summed E-state index contributed by atoms with van der Waals surface area (Å²) in [7, 11) is 1.96. The first-order chi connectivity index (χ1) is 11.6. The number of aryl methyl sites for hydroxylation is 2. The Morgan fingerprint density at radius 3 is 2.83 bits per heavy atom. The maximum absolute atomic E-state index is 12.8. The molecule has 0 saturated carbocycles. The zero-order chi connectivity index (χ0) is 17.1. The predicted molar refractivity (Wildman–Crippen MR) is 92.6 cm³/mol. The maximum atomic E-state index is 12.8. The molecule has 3 heterocycles. The lowest BCUT2D eigenvalue weighted by Crippen LogP contribution is -2.46. The highest BCUT2D eigenvalue weighted by Crippen LogP contribution is 2.21. The molecule has 1 amide bonds. The van der Waals surface area contributed by atoms with Gasteiger partial charge in [0.2, 0.25) is 5.91 Å². The van der Waals surface area contributed by atoms with Gasteiger partial charge in [0.15, 0.2) is 0 Å². The number of amides is 1. The zero-order valence-electron chi connectivity index (χ0n) is 14.9. The van der Waals surface area contributed by atoms with Crippen LogP contribution in [0.15, 0.2) is 18.5 Å². The number of piperidine rings is 1. The fourth-order valence-corrected chi connectivity index (χ4v) is 3.70. The maximum Gasteiger partial charge on any atom is 0.223 e. The molecule has 1 aliphatic rings. The minimum atomic E-state index is 0.259. The number of carbonyl (C=O) groups is 1. The van der Waals surface area contributed by atoms with Crippen LogP contribution in [-0.2, 0) is 24.8 Å². The summed E-state index contributed by atoms with van der Waals surface area (Å²) in [5.74, 6) is 0.259. The lowest BCUT2D eigenvalue weighted by atomic mass is 10.0. The molecule has 6 nitrogen and oxygen atoms in total. The van der Waals surface area contributed by atoms with Gasteiger partial charge in [-0.1, -0.05) is 0 Å². The Labute approximate surface area is 143 Å². The lowest BCUT2D eigenvalue weighted by Gasteiger charge is -2.36. The van der Waals surface area contributed by atoms with E-state index in [1.54, 1.807) is 6.20 Å². The summed E-state index contributed by atoms with van der Waals surface area (Å²) in [4.78, 5) is 14.9. The third-order valence-corrected chi connectivity index (χ3v) is 5.15. The predicted octanol–water partition coefficient (Wildman–Crippen LogP) is 2.25. The monoisotopic (exact) mass is 329 g/mol. The molecule has 6 heteroatoms. The second-order valence-electron chi connectivity index (χ2n) is 6.74. The van der Waals surface area contributed by atoms with Crippen molar-refractivity contribution in [2.24, 2.45) is 7.05 Å². The standard InChI is InChI=1S/C18H27N5O/c1-14-17(15(2)21(3)20-14)8-9-18(24)23-12-5-4-7-16(23)13-22-11-6-10-19-22/h6,10-11,16H,4-5,7-9,12-13H2,1-3H3/t16-/m1/s1. The molecule has 1 saturated heterocycles. The van der Waals surface area contributed by atoms with Crippen LogP contribution in [0.5, 0.6) is 0 Å². The molecule has 1 aliphatic heterocycles. The normalized spacial score (nSPS) is 18.1. The van der Waals surface area contributed by atoms with Gasteiger partial charge in [-0.2, -0.15) is 10.2 Å². The van der Waals surface area contributed by atoms with Crippen molar-refractivity contribution in [3.63, 3.8) is 0 Å². The van der Waals surface area contributed by atoms with Gasteiger partial charge < -0.3 is 4.90 Å². The third kappa shape index (κ3) is 3.52. The highest BCUT2D eigenvalue weighted by molar-refractivity contribution is 5.77. The van der Waals surface area contributed by atoms with Crippen LogP contribution in [0, 0.1) is 13.8 Å². The van der Waals surface area contributed by atoms with Gasteiger partial charge in [-0.05, 0) is 51.2 Å². The van der Waals surface area contributed by atoms with Crippen LogP contribution in [0.2, 0.25) is 0 Å². The van der Waals surface area contributed by atoms with E-state index in [0.29, 0.717) is 6.42 Å². The molecule has 24 heavy (non-hydrogen) atoms. The van der Waals surface area contributed by atoms with Gasteiger partial charge in [0.25, 0.3) is 0 Å². The summed E-state index contributed by atoms with van der Waals surface area (Å²) < 4.78 is 3.84. The summed E-state index contributed by atoms with van der Waals surface area (Å²) in [5.41, 5.74) is 3.41. The molecule has 130 valence electrons. The summed E-state index contributed by atoms with van der Waals surface area (Å²) >= 11 is 0. The molecule has 0 aromatic carbocycles. The van der Waals surface area contributed by atoms with Crippen LogP contribution in [0.4, 0.5) is 0 Å². The Morgan fingerprint density at radius 1 is 1.33 bits per heavy atom. The molecule has 2 aromatic heterocycles. The van der Waals surface area contributed by atoms with Crippen molar-refractivity contribution in [2.45, 2.75) is 58.5 Å². The van der Waals surface area contributed by atoms with Crippen molar-refractivity contribution < 1.29 is 4.79 Å². The lowest BCUT2D eigenvalue weighted by molar-refractivity contribution is -0.135. The SMILES string of the molecule is Cc1nn(C)c(C)c1CCC(=O)N1CCCC[C@@H]1Cn1cccn1. The highest BCUT2D eigenvalue weighted by atomic mass is 16.2. The first-order valence-electron chi connectivity index (χ1n) is 8.82. The summed E-state index contributed by atoms with van der Waals surface area (Å²) in [5, 5.41) is 8.74. The Balaban J connectivity index is 1.63. The molecule has 3 rings (SSSR count). The second-order valence-corrected chi connectivity index (χ2v) is 6.74. The Hall–Kier alpha value is -2.11. The van der Waals surface area contributed by atoms with Crippen molar-refractivity contribution in [3.05, 3.63) is 35.4 Å². The van der Waals surface area contributed by atoms with E-state index in [0.717, 1.165) is 43.7 Å². The van der Waals surface area contributed by atoms with Crippen LogP contribution < -0.4 is 0 Å². The van der Waals surface area contributed by atoms with Crippen molar-refractivity contribution in [1.82, 2.24) is 24.5 Å². The van der Waals surface area contributed by atoms with Crippen molar-refractivity contribution >= 4 is 5.91 Å². The van der Waals surface area contributed by atoms with Gasteiger partial charge >= 0.3 is 0 Å². The van der Waals surface area contributed by atoms with E-state index in [9.17, 15) is 4.79 Å². The summed E-state index contributed by atoms with van der Waals surface area (Å²) in [6, 6.07) is 2.20. The van der Waals surface area contributed by atoms with E-state index in [1.807, 2.05) is 35.6 Å².